The number of hydrogen-bond acceptors (Lipinski definition) is 7. The molecule has 1 heterocycles. The second-order valence-electron chi connectivity index (χ2n) is 7.15. The predicted octanol–water partition coefficient (Wildman–Crippen LogP) is 4.99. The maximum atomic E-state index is 13.1. The van der Waals surface area contributed by atoms with Gasteiger partial charge in [0.1, 0.15) is 29.4 Å². The van der Waals surface area contributed by atoms with Crippen LogP contribution in [0.15, 0.2) is 42.0 Å². The molecule has 0 radical (unpaired) electrons. The molecule has 0 amide bonds. The van der Waals surface area contributed by atoms with Crippen LogP contribution in [0.4, 0.5) is 0 Å². The van der Waals surface area contributed by atoms with Gasteiger partial charge in [-0.3, -0.25) is 4.79 Å². The van der Waals surface area contributed by atoms with Gasteiger partial charge in [0.15, 0.2) is 5.78 Å². The van der Waals surface area contributed by atoms with Gasteiger partial charge in [-0.2, -0.15) is 10.5 Å². The summed E-state index contributed by atoms with van der Waals surface area (Å²) >= 11 is 1.04. The zero-order valence-electron chi connectivity index (χ0n) is 18.7. The second kappa shape index (κ2) is 11.0. The SMILES string of the molecule is C#CCOc1ccc2ccccc2c1/C=C(\C#N)C(=O)Cc1sc(C(=O)OCC)c(C)c1C#N. The topological polar surface area (TPSA) is 100 Å². The van der Waals surface area contributed by atoms with Crippen LogP contribution in [0.2, 0.25) is 0 Å². The van der Waals surface area contributed by atoms with E-state index in [4.69, 9.17) is 15.9 Å². The molecule has 6 nitrogen and oxygen atoms in total. The van der Waals surface area contributed by atoms with E-state index < -0.39 is 11.8 Å². The summed E-state index contributed by atoms with van der Waals surface area (Å²) in [4.78, 5) is 26.0. The molecule has 0 N–H and O–H groups in total. The number of carbonyl (C=O) groups excluding carboxylic acids is 2. The number of carbonyl (C=O) groups is 2. The normalized spacial score (nSPS) is 10.7. The smallest absolute Gasteiger partial charge is 0.348 e. The van der Waals surface area contributed by atoms with Crippen LogP contribution in [0.5, 0.6) is 5.75 Å². The van der Waals surface area contributed by atoms with Crippen LogP contribution in [0.25, 0.3) is 16.8 Å². The standard InChI is InChI=1S/C27H20N2O4S/c1-4-12-33-24-11-10-18-8-6-7-9-20(18)21(24)13-19(15-28)23(30)14-25-22(16-29)17(3)26(34-25)27(31)32-5-2/h1,6-11,13H,5,12,14H2,2-3H3/b19-13+. The number of rotatable bonds is 8. The molecule has 0 aliphatic carbocycles. The van der Waals surface area contributed by atoms with Gasteiger partial charge in [-0.25, -0.2) is 4.79 Å². The van der Waals surface area contributed by atoms with Crippen LogP contribution >= 0.6 is 11.3 Å². The van der Waals surface area contributed by atoms with Gasteiger partial charge >= 0.3 is 5.97 Å². The number of ether oxygens (including phenoxy) is 2. The number of thiophene rings is 1. The molecule has 1 aromatic heterocycles. The lowest BCUT2D eigenvalue weighted by molar-refractivity contribution is -0.114. The average Bonchev–Trinajstić information content (AvgIpc) is 3.16. The molecular weight excluding hydrogens is 448 g/mol. The minimum absolute atomic E-state index is 0.0334. The quantitative estimate of drug-likeness (QED) is 0.200. The van der Waals surface area contributed by atoms with Gasteiger partial charge in [0.25, 0.3) is 0 Å². The van der Waals surface area contributed by atoms with Crippen molar-refractivity contribution in [1.29, 1.82) is 10.5 Å². The van der Waals surface area contributed by atoms with Gasteiger partial charge in [0.05, 0.1) is 17.7 Å². The average molecular weight is 469 g/mol. The third-order valence-corrected chi connectivity index (χ3v) is 6.34. The van der Waals surface area contributed by atoms with Crippen molar-refractivity contribution in [3.05, 3.63) is 68.4 Å². The Kier molecular flexibility index (Phi) is 7.83. The highest BCUT2D eigenvalue weighted by atomic mass is 32.1. The number of ketones is 1. The lowest BCUT2D eigenvalue weighted by atomic mass is 9.98. The number of esters is 1. The van der Waals surface area contributed by atoms with Crippen molar-refractivity contribution in [3.8, 4) is 30.2 Å². The lowest BCUT2D eigenvalue weighted by Gasteiger charge is -2.11. The molecule has 0 bridgehead atoms. The molecule has 34 heavy (non-hydrogen) atoms. The van der Waals surface area contributed by atoms with E-state index in [-0.39, 0.29) is 35.6 Å². The summed E-state index contributed by atoms with van der Waals surface area (Å²) in [6.45, 7) is 3.56. The molecule has 0 fully saturated rings. The maximum absolute atomic E-state index is 13.1. The monoisotopic (exact) mass is 468 g/mol. The zero-order chi connectivity index (χ0) is 24.7. The summed E-state index contributed by atoms with van der Waals surface area (Å²) < 4.78 is 10.7. The zero-order valence-corrected chi connectivity index (χ0v) is 19.5. The summed E-state index contributed by atoms with van der Waals surface area (Å²) in [6.07, 6.45) is 6.61. The van der Waals surface area contributed by atoms with Crippen LogP contribution < -0.4 is 4.74 Å². The largest absolute Gasteiger partial charge is 0.480 e. The van der Waals surface area contributed by atoms with Crippen molar-refractivity contribution < 1.29 is 19.1 Å². The van der Waals surface area contributed by atoms with E-state index >= 15 is 0 Å². The predicted molar refractivity (Wildman–Crippen MR) is 130 cm³/mol. The molecule has 0 saturated heterocycles. The number of allylic oxidation sites excluding steroid dienone is 1. The maximum Gasteiger partial charge on any atom is 0.348 e. The molecule has 0 atom stereocenters. The Morgan fingerprint density at radius 2 is 1.94 bits per heavy atom. The van der Waals surface area contributed by atoms with E-state index in [9.17, 15) is 20.1 Å². The molecule has 0 unspecified atom stereocenters. The summed E-state index contributed by atoms with van der Waals surface area (Å²) in [7, 11) is 0. The van der Waals surface area contributed by atoms with Crippen LogP contribution in [0.1, 0.15) is 38.2 Å². The number of Topliss-reactive ketones (excluding diaryl/α,β-unsaturated/α-hetero) is 1. The number of nitriles is 2. The third kappa shape index (κ3) is 4.99. The highest BCUT2D eigenvalue weighted by molar-refractivity contribution is 7.14. The molecule has 0 aliphatic heterocycles. The fourth-order valence-electron chi connectivity index (χ4n) is 3.47. The molecule has 168 valence electrons. The van der Waals surface area contributed by atoms with Gasteiger partial charge in [-0.05, 0) is 42.3 Å². The minimum Gasteiger partial charge on any atom is -0.480 e. The van der Waals surface area contributed by atoms with E-state index in [0.29, 0.717) is 21.8 Å². The summed E-state index contributed by atoms with van der Waals surface area (Å²) in [5.41, 5.74) is 1.18. The number of benzene rings is 2. The lowest BCUT2D eigenvalue weighted by Crippen LogP contribution is -2.06. The molecule has 7 heteroatoms. The minimum atomic E-state index is -0.540. The molecule has 3 aromatic rings. The van der Waals surface area contributed by atoms with Crippen molar-refractivity contribution >= 4 is 39.9 Å². The van der Waals surface area contributed by atoms with Crippen molar-refractivity contribution in [2.75, 3.05) is 13.2 Å². The Balaban J connectivity index is 2.03. The van der Waals surface area contributed by atoms with E-state index in [1.807, 2.05) is 36.4 Å². The molecule has 0 saturated carbocycles. The Bertz CT molecular complexity index is 1430. The first-order chi connectivity index (χ1) is 16.4. The molecule has 0 spiro atoms. The van der Waals surface area contributed by atoms with Crippen LogP contribution in [-0.2, 0) is 16.0 Å². The van der Waals surface area contributed by atoms with Gasteiger partial charge in [0.2, 0.25) is 0 Å². The second-order valence-corrected chi connectivity index (χ2v) is 8.25. The van der Waals surface area contributed by atoms with Crippen molar-refractivity contribution in [1.82, 2.24) is 0 Å². The van der Waals surface area contributed by atoms with E-state index in [1.54, 1.807) is 19.9 Å². The van der Waals surface area contributed by atoms with Crippen LogP contribution in [-0.4, -0.2) is 25.0 Å². The molecule has 2 aromatic carbocycles. The van der Waals surface area contributed by atoms with Gasteiger partial charge in [-0.15, -0.1) is 17.8 Å². The van der Waals surface area contributed by atoms with E-state index in [0.717, 1.165) is 22.1 Å². The fourth-order valence-corrected chi connectivity index (χ4v) is 4.61. The van der Waals surface area contributed by atoms with Gasteiger partial charge in [-0.1, -0.05) is 36.3 Å². The van der Waals surface area contributed by atoms with E-state index in [2.05, 4.69) is 12.0 Å². The summed E-state index contributed by atoms with van der Waals surface area (Å²) in [6, 6.07) is 15.2. The molecule has 0 aliphatic rings. The third-order valence-electron chi connectivity index (χ3n) is 5.06. The van der Waals surface area contributed by atoms with Gasteiger partial charge in [0, 0.05) is 16.9 Å². The Labute approximate surface area is 201 Å². The first kappa shape index (κ1) is 24.3. The van der Waals surface area contributed by atoms with E-state index in [1.165, 1.54) is 6.08 Å². The van der Waals surface area contributed by atoms with Gasteiger partial charge < -0.3 is 9.47 Å². The Morgan fingerprint density at radius 3 is 2.62 bits per heavy atom. The molecular formula is C27H20N2O4S. The van der Waals surface area contributed by atoms with Crippen molar-refractivity contribution in [3.63, 3.8) is 0 Å². The Hall–Kier alpha value is -4.38. The number of nitrogens with zero attached hydrogens (tertiary/aromatic N) is 2. The van der Waals surface area contributed by atoms with Crippen LogP contribution in [0, 0.1) is 41.9 Å². The first-order valence-corrected chi connectivity index (χ1v) is 11.2. The van der Waals surface area contributed by atoms with Crippen molar-refractivity contribution in [2.45, 2.75) is 20.3 Å². The highest BCUT2D eigenvalue weighted by Crippen LogP contribution is 2.32. The number of terminal acetylenes is 1. The first-order valence-electron chi connectivity index (χ1n) is 10.4. The summed E-state index contributed by atoms with van der Waals surface area (Å²) in [5, 5.41) is 21.1. The highest BCUT2D eigenvalue weighted by Gasteiger charge is 2.23. The summed E-state index contributed by atoms with van der Waals surface area (Å²) in [5.74, 6) is 1.84. The molecule has 3 rings (SSSR count). The fraction of sp³-hybridized carbons (Fsp3) is 0.185. The Morgan fingerprint density at radius 1 is 1.18 bits per heavy atom. The number of fused-ring (bicyclic) bond motifs is 1. The van der Waals surface area contributed by atoms with Crippen LogP contribution in [0.3, 0.4) is 0 Å². The van der Waals surface area contributed by atoms with Crippen molar-refractivity contribution in [2.24, 2.45) is 0 Å². The number of hydrogen-bond donors (Lipinski definition) is 0.